The van der Waals surface area contributed by atoms with E-state index in [-0.39, 0.29) is 11.5 Å². The maximum Gasteiger partial charge on any atom is 0.137 e. The Balaban J connectivity index is 1.88. The Hall–Kier alpha value is -2.91. The Morgan fingerprint density at radius 3 is 1.24 bits per heavy atom. The quantitative estimate of drug-likeness (QED) is 0.544. The molecular weight excluding hydrogens is 328 g/mol. The summed E-state index contributed by atoms with van der Waals surface area (Å²) < 4.78 is 0. The minimum absolute atomic E-state index is 0.219. The third-order valence-electron chi connectivity index (χ3n) is 4.14. The van der Waals surface area contributed by atoms with Crippen LogP contribution < -0.4 is 0 Å². The van der Waals surface area contributed by atoms with E-state index in [4.69, 9.17) is 0 Å². The summed E-state index contributed by atoms with van der Waals surface area (Å²) in [5, 5.41) is 21.6. The molecule has 122 valence electrons. The molecule has 2 aliphatic heterocycles. The number of aliphatic hydroxyl groups excluding tert-OH is 2. The van der Waals surface area contributed by atoms with E-state index < -0.39 is 0 Å². The molecule has 0 aromatic heterocycles. The molecule has 25 heavy (non-hydrogen) atoms. The van der Waals surface area contributed by atoms with Crippen LogP contribution in [0, 0.1) is 0 Å². The van der Waals surface area contributed by atoms with Crippen LogP contribution in [0.15, 0.2) is 84.9 Å². The van der Waals surface area contributed by atoms with Gasteiger partial charge >= 0.3 is 0 Å². The lowest BCUT2D eigenvalue weighted by Crippen LogP contribution is -1.89. The predicted molar refractivity (Wildman–Crippen MR) is 106 cm³/mol. The van der Waals surface area contributed by atoms with E-state index >= 15 is 0 Å². The van der Waals surface area contributed by atoms with Crippen molar-refractivity contribution in [1.29, 1.82) is 0 Å². The first-order valence-corrected chi connectivity index (χ1v) is 8.81. The number of fused-ring (bicyclic) bond motifs is 4. The summed E-state index contributed by atoms with van der Waals surface area (Å²) in [7, 11) is 0. The largest absolute Gasteiger partial charge is 0.506 e. The van der Waals surface area contributed by atoms with Crippen molar-refractivity contribution in [2.45, 2.75) is 0 Å². The maximum atomic E-state index is 10.8. The van der Waals surface area contributed by atoms with Crippen molar-refractivity contribution in [3.8, 4) is 0 Å². The van der Waals surface area contributed by atoms with Crippen LogP contribution >= 0.6 is 11.8 Å². The Morgan fingerprint density at radius 1 is 0.520 bits per heavy atom. The highest BCUT2D eigenvalue weighted by molar-refractivity contribution is 8.17. The van der Waals surface area contributed by atoms with E-state index in [1.54, 1.807) is 0 Å². The monoisotopic (exact) mass is 344 g/mol. The van der Waals surface area contributed by atoms with Crippen molar-refractivity contribution >= 4 is 33.1 Å². The first-order chi connectivity index (χ1) is 12.2. The molecule has 0 fully saturated rings. The van der Waals surface area contributed by atoms with Crippen LogP contribution in [-0.4, -0.2) is 10.2 Å². The molecule has 2 bridgehead atoms. The molecule has 0 radical (unpaired) electrons. The zero-order valence-corrected chi connectivity index (χ0v) is 14.2. The minimum atomic E-state index is 0.219. The van der Waals surface area contributed by atoms with Crippen molar-refractivity contribution in [2.24, 2.45) is 0 Å². The fourth-order valence-corrected chi connectivity index (χ4v) is 3.96. The van der Waals surface area contributed by atoms with Gasteiger partial charge in [-0.1, -0.05) is 96.7 Å². The van der Waals surface area contributed by atoms with Crippen LogP contribution in [0.2, 0.25) is 0 Å². The van der Waals surface area contributed by atoms with Gasteiger partial charge < -0.3 is 10.2 Å². The molecule has 5 rings (SSSR count). The summed E-state index contributed by atoms with van der Waals surface area (Å²) in [5.41, 5.74) is 3.39. The van der Waals surface area contributed by atoms with Gasteiger partial charge in [0.05, 0.1) is 9.81 Å². The summed E-state index contributed by atoms with van der Waals surface area (Å²) >= 11 is 1.40. The summed E-state index contributed by atoms with van der Waals surface area (Å²) in [6, 6.07) is 26.8. The Bertz CT molecular complexity index is 875. The molecule has 2 nitrogen and oxygen atoms in total. The molecule has 0 aliphatic carbocycles. The van der Waals surface area contributed by atoms with Gasteiger partial charge in [-0.05, 0) is 11.1 Å². The Labute approximate surface area is 150 Å². The van der Waals surface area contributed by atoms with Gasteiger partial charge in [-0.3, -0.25) is 0 Å². The molecule has 0 spiro atoms. The second-order valence-corrected chi connectivity index (χ2v) is 6.79. The van der Waals surface area contributed by atoms with Crippen LogP contribution in [0.4, 0.5) is 0 Å². The van der Waals surface area contributed by atoms with E-state index in [0.29, 0.717) is 0 Å². The molecule has 0 unspecified atom stereocenters. The lowest BCUT2D eigenvalue weighted by molar-refractivity contribution is 0.515. The maximum absolute atomic E-state index is 10.8. The van der Waals surface area contributed by atoms with Gasteiger partial charge in [-0.15, -0.1) is 0 Å². The van der Waals surface area contributed by atoms with Crippen molar-refractivity contribution in [1.82, 2.24) is 0 Å². The van der Waals surface area contributed by atoms with Gasteiger partial charge in [0.25, 0.3) is 0 Å². The normalized spacial score (nSPS) is 17.1. The van der Waals surface area contributed by atoms with Gasteiger partial charge in [0, 0.05) is 11.1 Å². The standard InChI is InChI=1S/C22H16O2S/c23-19(15-7-3-1-4-8-15)21-17-11-13-18(14-12-17)22(25-21)20(24)16-9-5-2-6-10-16/h1-14,23-24H. The first kappa shape index (κ1) is 15.6. The van der Waals surface area contributed by atoms with Gasteiger partial charge in [0.15, 0.2) is 0 Å². The fraction of sp³-hybridized carbons (Fsp3) is 0. The van der Waals surface area contributed by atoms with E-state index in [1.807, 2.05) is 84.9 Å². The number of rotatable bonds is 2. The second kappa shape index (κ2) is 6.54. The Morgan fingerprint density at radius 2 is 0.880 bits per heavy atom. The molecule has 2 N–H and O–H groups in total. The van der Waals surface area contributed by atoms with E-state index in [9.17, 15) is 10.2 Å². The molecular formula is C22H16O2S. The fourth-order valence-electron chi connectivity index (χ4n) is 2.82. The lowest BCUT2D eigenvalue weighted by atomic mass is 10.1. The zero-order chi connectivity index (χ0) is 17.2. The summed E-state index contributed by atoms with van der Waals surface area (Å²) in [4.78, 5) is 1.48. The number of aliphatic hydroxyl groups is 2. The third-order valence-corrected chi connectivity index (χ3v) is 5.40. The van der Waals surface area contributed by atoms with Gasteiger partial charge in [-0.25, -0.2) is 0 Å². The average Bonchev–Trinajstić information content (AvgIpc) is 2.98. The summed E-state index contributed by atoms with van der Waals surface area (Å²) in [6.07, 6.45) is 0. The number of hydrogen-bond acceptors (Lipinski definition) is 3. The molecule has 0 atom stereocenters. The zero-order valence-electron chi connectivity index (χ0n) is 13.4. The number of thioether (sulfide) groups is 1. The van der Waals surface area contributed by atoms with Crippen molar-refractivity contribution in [3.05, 3.63) is 107 Å². The topological polar surface area (TPSA) is 40.5 Å². The number of benzene rings is 3. The third kappa shape index (κ3) is 2.94. The van der Waals surface area contributed by atoms with Crippen LogP contribution in [0.5, 0.6) is 0 Å². The minimum Gasteiger partial charge on any atom is -0.506 e. The molecule has 3 aromatic rings. The van der Waals surface area contributed by atoms with Crippen LogP contribution in [0.3, 0.4) is 0 Å². The van der Waals surface area contributed by atoms with Crippen molar-refractivity contribution in [3.63, 3.8) is 0 Å². The van der Waals surface area contributed by atoms with Crippen LogP contribution in [0.25, 0.3) is 21.3 Å². The smallest absolute Gasteiger partial charge is 0.137 e. The van der Waals surface area contributed by atoms with E-state index in [0.717, 1.165) is 32.1 Å². The summed E-state index contributed by atoms with van der Waals surface area (Å²) in [5.74, 6) is 0.438. The van der Waals surface area contributed by atoms with Crippen LogP contribution in [-0.2, 0) is 0 Å². The molecule has 3 heteroatoms. The van der Waals surface area contributed by atoms with Crippen molar-refractivity contribution < 1.29 is 10.2 Å². The van der Waals surface area contributed by atoms with Gasteiger partial charge in [-0.2, -0.15) is 0 Å². The predicted octanol–water partition coefficient (Wildman–Crippen LogP) is 6.20. The highest BCUT2D eigenvalue weighted by atomic mass is 32.2. The lowest BCUT2D eigenvalue weighted by Gasteiger charge is -2.11. The molecule has 0 saturated heterocycles. The molecule has 0 saturated carbocycles. The Kier molecular flexibility index (Phi) is 4.08. The van der Waals surface area contributed by atoms with Gasteiger partial charge in [0.1, 0.15) is 11.5 Å². The van der Waals surface area contributed by atoms with E-state index in [2.05, 4.69) is 0 Å². The second-order valence-electron chi connectivity index (χ2n) is 5.77. The first-order valence-electron chi connectivity index (χ1n) is 8.00. The molecule has 2 aliphatic rings. The van der Waals surface area contributed by atoms with E-state index in [1.165, 1.54) is 11.8 Å². The highest BCUT2D eigenvalue weighted by Crippen LogP contribution is 2.48. The molecule has 3 aromatic carbocycles. The molecule has 0 amide bonds. The SMILES string of the molecule is OC(=C1SC(=C(O)c2ccccc2)c2ccc1cc2)c1ccccc1. The number of hydrogen-bond donors (Lipinski definition) is 2. The highest BCUT2D eigenvalue weighted by Gasteiger charge is 2.22. The molecule has 2 heterocycles. The van der Waals surface area contributed by atoms with Crippen LogP contribution in [0.1, 0.15) is 22.3 Å². The van der Waals surface area contributed by atoms with Gasteiger partial charge in [0.2, 0.25) is 0 Å². The average molecular weight is 344 g/mol. The van der Waals surface area contributed by atoms with Crippen molar-refractivity contribution in [2.75, 3.05) is 0 Å². The summed E-state index contributed by atoms with van der Waals surface area (Å²) in [6.45, 7) is 0.